The molecule has 1 unspecified atom stereocenters. The van der Waals surface area contributed by atoms with E-state index in [0.29, 0.717) is 36.9 Å². The molecule has 1 aromatic carbocycles. The largest absolute Gasteiger partial charge is 0.369 e. The summed E-state index contributed by atoms with van der Waals surface area (Å²) < 4.78 is 1.83. The molecule has 0 aliphatic carbocycles. The summed E-state index contributed by atoms with van der Waals surface area (Å²) in [5.41, 5.74) is 2.40. The first kappa shape index (κ1) is 27.4. The second kappa shape index (κ2) is 11.7. The minimum absolute atomic E-state index is 0.0533. The van der Waals surface area contributed by atoms with E-state index in [1.165, 1.54) is 7.05 Å². The Balaban J connectivity index is 1.72. The lowest BCUT2D eigenvalue weighted by molar-refractivity contribution is -0.131. The molecule has 1 atom stereocenters. The zero-order chi connectivity index (χ0) is 27.2. The molecule has 0 radical (unpaired) electrons. The van der Waals surface area contributed by atoms with Crippen LogP contribution in [0.1, 0.15) is 48.2 Å². The first-order valence-corrected chi connectivity index (χ1v) is 12.1. The first-order chi connectivity index (χ1) is 17.6. The molecule has 37 heavy (non-hydrogen) atoms. The van der Waals surface area contributed by atoms with Gasteiger partial charge in [-0.05, 0) is 44.9 Å². The van der Waals surface area contributed by atoms with E-state index >= 15 is 0 Å². The highest BCUT2D eigenvalue weighted by Crippen LogP contribution is 2.27. The van der Waals surface area contributed by atoms with Gasteiger partial charge in [-0.15, -0.1) is 6.58 Å². The number of hydrogen-bond acceptors (Lipinski definition) is 6. The monoisotopic (exact) mass is 503 g/mol. The zero-order valence-electron chi connectivity index (χ0n) is 21.7. The van der Waals surface area contributed by atoms with Gasteiger partial charge in [0.05, 0.1) is 23.2 Å². The van der Waals surface area contributed by atoms with E-state index in [9.17, 15) is 19.2 Å². The van der Waals surface area contributed by atoms with Gasteiger partial charge in [0.25, 0.3) is 5.91 Å². The number of aryl methyl sites for hydroxylation is 1. The van der Waals surface area contributed by atoms with Crippen LogP contribution in [-0.2, 0) is 19.9 Å². The van der Waals surface area contributed by atoms with Crippen LogP contribution >= 0.6 is 0 Å². The third-order valence-electron chi connectivity index (χ3n) is 6.58. The molecule has 1 saturated heterocycles. The molecule has 1 N–H and O–H groups in total. The Morgan fingerprint density at radius 3 is 2.68 bits per heavy atom. The second-order valence-corrected chi connectivity index (χ2v) is 9.59. The molecule has 2 heterocycles. The van der Waals surface area contributed by atoms with Gasteiger partial charge in [-0.2, -0.15) is 5.10 Å². The quantitative estimate of drug-likeness (QED) is 0.303. The lowest BCUT2D eigenvalue weighted by Gasteiger charge is -2.38. The zero-order valence-corrected chi connectivity index (χ0v) is 21.7. The summed E-state index contributed by atoms with van der Waals surface area (Å²) in [6, 6.07) is 4.42. The molecular formula is C28H33N5O4. The first-order valence-electron chi connectivity index (χ1n) is 12.1. The van der Waals surface area contributed by atoms with Crippen molar-refractivity contribution < 1.29 is 19.2 Å². The number of carbonyl (C=O) groups is 4. The smallest absolute Gasteiger partial charge is 0.261 e. The van der Waals surface area contributed by atoms with Gasteiger partial charge in [0.15, 0.2) is 0 Å². The number of rotatable bonds is 10. The molecule has 3 amide bonds. The lowest BCUT2D eigenvalue weighted by atomic mass is 9.97. The SMILES string of the molecule is C=CC(C)(C)n1cc(C#CC2CN(c3ccc(C)c(C(=O)N(C=O)C(CCC=O)C(=O)NC)c3)C2)cn1. The van der Waals surface area contributed by atoms with Crippen LogP contribution in [0.2, 0.25) is 0 Å². The van der Waals surface area contributed by atoms with Crippen molar-refractivity contribution in [2.45, 2.75) is 45.2 Å². The number of aromatic nitrogens is 2. The number of anilines is 1. The van der Waals surface area contributed by atoms with Crippen LogP contribution in [0.25, 0.3) is 0 Å². The Morgan fingerprint density at radius 2 is 2.05 bits per heavy atom. The fourth-order valence-corrected chi connectivity index (χ4v) is 3.99. The lowest BCUT2D eigenvalue weighted by Crippen LogP contribution is -2.48. The predicted octanol–water partition coefficient (Wildman–Crippen LogP) is 2.29. The molecular weight excluding hydrogens is 470 g/mol. The number of carbonyl (C=O) groups excluding carboxylic acids is 4. The number of imide groups is 1. The van der Waals surface area contributed by atoms with Crippen molar-refractivity contribution in [3.8, 4) is 11.8 Å². The molecule has 1 aromatic heterocycles. The number of likely N-dealkylation sites (N-methyl/N-ethyl adjacent to an activating group) is 1. The normalized spacial score (nSPS) is 14.0. The van der Waals surface area contributed by atoms with Gasteiger partial charge in [0.1, 0.15) is 12.3 Å². The van der Waals surface area contributed by atoms with Crippen LogP contribution in [0.15, 0.2) is 43.2 Å². The molecule has 0 spiro atoms. The average Bonchev–Trinajstić information content (AvgIpc) is 3.35. The molecule has 1 aliphatic heterocycles. The molecule has 9 nitrogen and oxygen atoms in total. The average molecular weight is 504 g/mol. The number of allylic oxidation sites excluding steroid dienone is 1. The van der Waals surface area contributed by atoms with Gasteiger partial charge in [0.2, 0.25) is 12.3 Å². The van der Waals surface area contributed by atoms with Crippen molar-refractivity contribution in [2.24, 2.45) is 5.92 Å². The van der Waals surface area contributed by atoms with Gasteiger partial charge in [-0.25, -0.2) is 0 Å². The second-order valence-electron chi connectivity index (χ2n) is 9.59. The van der Waals surface area contributed by atoms with Crippen molar-refractivity contribution in [1.82, 2.24) is 20.0 Å². The Labute approximate surface area is 217 Å². The topological polar surface area (TPSA) is 105 Å². The van der Waals surface area contributed by atoms with E-state index in [2.05, 4.69) is 33.7 Å². The van der Waals surface area contributed by atoms with Crippen molar-refractivity contribution >= 4 is 30.2 Å². The summed E-state index contributed by atoms with van der Waals surface area (Å²) in [5.74, 6) is 5.56. The Hall–Kier alpha value is -4.19. The van der Waals surface area contributed by atoms with Gasteiger partial charge in [-0.1, -0.05) is 24.0 Å². The van der Waals surface area contributed by atoms with E-state index in [0.717, 1.165) is 16.2 Å². The molecule has 0 saturated carbocycles. The fraction of sp³-hybridized carbons (Fsp3) is 0.393. The molecule has 0 bridgehead atoms. The molecule has 1 fully saturated rings. The van der Waals surface area contributed by atoms with Crippen molar-refractivity contribution in [3.05, 3.63) is 59.9 Å². The van der Waals surface area contributed by atoms with Crippen LogP contribution in [0.4, 0.5) is 5.69 Å². The maximum Gasteiger partial charge on any atom is 0.261 e. The Kier molecular flexibility index (Phi) is 8.66. The fourth-order valence-electron chi connectivity index (χ4n) is 3.99. The summed E-state index contributed by atoms with van der Waals surface area (Å²) in [7, 11) is 1.42. The number of nitrogens with zero attached hydrogens (tertiary/aromatic N) is 4. The van der Waals surface area contributed by atoms with Crippen molar-refractivity contribution in [2.75, 3.05) is 25.0 Å². The summed E-state index contributed by atoms with van der Waals surface area (Å²) in [6.45, 7) is 11.1. The van der Waals surface area contributed by atoms with Crippen molar-refractivity contribution in [1.29, 1.82) is 0 Å². The third kappa shape index (κ3) is 6.15. The highest BCUT2D eigenvalue weighted by atomic mass is 16.2. The van der Waals surface area contributed by atoms with Gasteiger partial charge in [-0.3, -0.25) is 24.0 Å². The Morgan fingerprint density at radius 1 is 1.32 bits per heavy atom. The Bertz CT molecular complexity index is 1250. The molecule has 9 heteroatoms. The minimum atomic E-state index is -1.06. The van der Waals surface area contributed by atoms with E-state index in [4.69, 9.17) is 0 Å². The van der Waals surface area contributed by atoms with Gasteiger partial charge >= 0.3 is 0 Å². The van der Waals surface area contributed by atoms with Crippen molar-refractivity contribution in [3.63, 3.8) is 0 Å². The summed E-state index contributed by atoms with van der Waals surface area (Å²) in [4.78, 5) is 51.3. The number of hydrogen-bond donors (Lipinski definition) is 1. The summed E-state index contributed by atoms with van der Waals surface area (Å²) in [5, 5.41) is 6.83. The van der Waals surface area contributed by atoms with E-state index in [-0.39, 0.29) is 24.3 Å². The van der Waals surface area contributed by atoms with Crippen LogP contribution in [0.5, 0.6) is 0 Å². The third-order valence-corrected chi connectivity index (χ3v) is 6.58. The van der Waals surface area contributed by atoms with Crippen LogP contribution in [0, 0.1) is 24.7 Å². The molecule has 3 rings (SSSR count). The minimum Gasteiger partial charge on any atom is -0.369 e. The van der Waals surface area contributed by atoms with E-state index in [1.807, 2.05) is 42.9 Å². The summed E-state index contributed by atoms with van der Waals surface area (Å²) in [6.07, 6.45) is 6.61. The van der Waals surface area contributed by atoms with Gasteiger partial charge in [0, 0.05) is 44.0 Å². The highest BCUT2D eigenvalue weighted by molar-refractivity contribution is 6.04. The maximum absolute atomic E-state index is 13.3. The maximum atomic E-state index is 13.3. The number of nitrogens with one attached hydrogen (secondary N) is 1. The standard InChI is InChI=1S/C28H33N5O4/c1-6-28(3,4)33-18-21(15-30-33)10-11-22-16-31(17-22)23-12-9-20(2)24(14-23)27(37)32(19-35)25(8-7-13-34)26(36)29-5/h6,9,12-15,18-19,22,25H,1,7-8,16-17H2,2-5H3,(H,29,36). The number of benzene rings is 1. The predicted molar refractivity (Wildman–Crippen MR) is 141 cm³/mol. The molecule has 2 aromatic rings. The van der Waals surface area contributed by atoms with Crippen LogP contribution in [0.3, 0.4) is 0 Å². The number of amides is 3. The van der Waals surface area contributed by atoms with Gasteiger partial charge < -0.3 is 15.0 Å². The van der Waals surface area contributed by atoms with E-state index in [1.54, 1.807) is 19.2 Å². The van der Waals surface area contributed by atoms with E-state index < -0.39 is 17.9 Å². The summed E-state index contributed by atoms with van der Waals surface area (Å²) >= 11 is 0. The molecule has 1 aliphatic rings. The number of aldehydes is 1. The van der Waals surface area contributed by atoms with Crippen LogP contribution in [-0.4, -0.2) is 65.4 Å². The molecule has 194 valence electrons. The van der Waals surface area contributed by atoms with Crippen LogP contribution < -0.4 is 10.2 Å². The highest BCUT2D eigenvalue weighted by Gasteiger charge is 2.31.